The van der Waals surface area contributed by atoms with Crippen LogP contribution in [0.5, 0.6) is 5.88 Å². The summed E-state index contributed by atoms with van der Waals surface area (Å²) in [6.45, 7) is 1.14. The third-order valence-electron chi connectivity index (χ3n) is 1.67. The number of rotatable bonds is 0. The second kappa shape index (κ2) is 1.98. The molecule has 0 saturated carbocycles. The van der Waals surface area contributed by atoms with E-state index in [9.17, 15) is 4.79 Å². The van der Waals surface area contributed by atoms with Gasteiger partial charge in [0.15, 0.2) is 0 Å². The Hall–Kier alpha value is -1.52. The van der Waals surface area contributed by atoms with Crippen molar-refractivity contribution in [2.45, 2.75) is 6.54 Å². The zero-order chi connectivity index (χ0) is 7.84. The molecule has 1 aliphatic heterocycles. The summed E-state index contributed by atoms with van der Waals surface area (Å²) in [5.74, 6) is -0.0987. The van der Waals surface area contributed by atoms with E-state index in [0.29, 0.717) is 18.8 Å². The van der Waals surface area contributed by atoms with Crippen molar-refractivity contribution in [3.05, 3.63) is 16.2 Å². The lowest BCUT2D eigenvalue weighted by Gasteiger charge is -2.05. The molecule has 0 aliphatic carbocycles. The number of hydrogen-bond acceptors (Lipinski definition) is 3. The van der Waals surface area contributed by atoms with Crippen molar-refractivity contribution in [3.8, 4) is 5.88 Å². The van der Waals surface area contributed by atoms with Crippen molar-refractivity contribution in [2.75, 3.05) is 6.54 Å². The Balaban J connectivity index is 2.73. The number of aromatic nitrogens is 2. The van der Waals surface area contributed by atoms with Gasteiger partial charge in [0.05, 0.1) is 12.8 Å². The van der Waals surface area contributed by atoms with Crippen LogP contribution in [0.25, 0.3) is 0 Å². The highest BCUT2D eigenvalue weighted by molar-refractivity contribution is 5.80. The van der Waals surface area contributed by atoms with Gasteiger partial charge in [-0.25, -0.2) is 4.79 Å². The molecule has 0 atom stereocenters. The van der Waals surface area contributed by atoms with E-state index in [0.717, 1.165) is 0 Å². The Labute approximate surface area is 62.0 Å². The summed E-state index contributed by atoms with van der Waals surface area (Å²) in [5, 5.41) is 9.11. The van der Waals surface area contributed by atoms with Crippen LogP contribution in [-0.4, -0.2) is 27.4 Å². The van der Waals surface area contributed by atoms with Crippen LogP contribution in [0.15, 0.2) is 9.79 Å². The fourth-order valence-electron chi connectivity index (χ4n) is 1.13. The van der Waals surface area contributed by atoms with Crippen LogP contribution < -0.4 is 5.69 Å². The molecule has 0 spiro atoms. The van der Waals surface area contributed by atoms with Crippen molar-refractivity contribution < 1.29 is 5.11 Å². The maximum absolute atomic E-state index is 11.0. The van der Waals surface area contributed by atoms with E-state index in [1.54, 1.807) is 0 Å². The summed E-state index contributed by atoms with van der Waals surface area (Å²) in [5.41, 5.74) is 0.199. The highest BCUT2D eigenvalue weighted by atomic mass is 16.3. The van der Waals surface area contributed by atoms with Crippen LogP contribution in [0, 0.1) is 0 Å². The average Bonchev–Trinajstić information content (AvgIpc) is 2.30. The standard InChI is InChI=1S/C6H7N3O2/c10-5-4-3-7-1-2-9(4)6(11)8-5/h3,10H,1-2H2,(H,8,11). The third kappa shape index (κ3) is 0.772. The number of fused-ring (bicyclic) bond motifs is 1. The Morgan fingerprint density at radius 2 is 2.55 bits per heavy atom. The van der Waals surface area contributed by atoms with Gasteiger partial charge >= 0.3 is 5.69 Å². The van der Waals surface area contributed by atoms with Gasteiger partial charge in [-0.15, -0.1) is 0 Å². The first-order valence-electron chi connectivity index (χ1n) is 3.30. The van der Waals surface area contributed by atoms with Gasteiger partial charge in [-0.2, -0.15) is 0 Å². The minimum Gasteiger partial charge on any atom is -0.493 e. The summed E-state index contributed by atoms with van der Waals surface area (Å²) >= 11 is 0. The quantitative estimate of drug-likeness (QED) is 0.518. The summed E-state index contributed by atoms with van der Waals surface area (Å²) in [6.07, 6.45) is 1.50. The van der Waals surface area contributed by atoms with Gasteiger partial charge in [0.25, 0.3) is 0 Å². The first-order valence-corrected chi connectivity index (χ1v) is 3.30. The summed E-state index contributed by atoms with van der Waals surface area (Å²) in [6, 6.07) is 0. The molecule has 0 unspecified atom stereocenters. The van der Waals surface area contributed by atoms with E-state index in [-0.39, 0.29) is 11.6 Å². The number of nitrogens with one attached hydrogen (secondary N) is 1. The zero-order valence-electron chi connectivity index (χ0n) is 5.74. The zero-order valence-corrected chi connectivity index (χ0v) is 5.74. The predicted octanol–water partition coefficient (Wildman–Crippen LogP) is -0.685. The maximum atomic E-state index is 11.0. The smallest absolute Gasteiger partial charge is 0.328 e. The number of hydrogen-bond donors (Lipinski definition) is 2. The van der Waals surface area contributed by atoms with E-state index >= 15 is 0 Å². The van der Waals surface area contributed by atoms with Gasteiger partial charge in [0.2, 0.25) is 5.88 Å². The van der Waals surface area contributed by atoms with E-state index in [1.165, 1.54) is 10.8 Å². The summed E-state index contributed by atoms with van der Waals surface area (Å²) in [7, 11) is 0. The predicted molar refractivity (Wildman–Crippen MR) is 39.2 cm³/mol. The molecular formula is C6H7N3O2. The first kappa shape index (κ1) is 6.21. The number of nitrogens with zero attached hydrogens (tertiary/aromatic N) is 2. The Kier molecular flexibility index (Phi) is 1.12. The van der Waals surface area contributed by atoms with Crippen molar-refractivity contribution >= 4 is 6.21 Å². The van der Waals surface area contributed by atoms with Crippen LogP contribution in [0.4, 0.5) is 0 Å². The lowest BCUT2D eigenvalue weighted by molar-refractivity contribution is 0.453. The van der Waals surface area contributed by atoms with Crippen molar-refractivity contribution in [1.29, 1.82) is 0 Å². The number of aromatic hydroxyl groups is 1. The maximum Gasteiger partial charge on any atom is 0.328 e. The molecule has 5 nitrogen and oxygen atoms in total. The van der Waals surface area contributed by atoms with Crippen LogP contribution in [0.3, 0.4) is 0 Å². The molecule has 5 heteroatoms. The molecule has 0 amide bonds. The largest absolute Gasteiger partial charge is 0.493 e. The Morgan fingerprint density at radius 3 is 3.27 bits per heavy atom. The van der Waals surface area contributed by atoms with Crippen molar-refractivity contribution in [1.82, 2.24) is 9.55 Å². The van der Waals surface area contributed by atoms with Gasteiger partial charge in [0, 0.05) is 6.54 Å². The Bertz CT molecular complexity index is 360. The minimum absolute atomic E-state index is 0.0987. The normalized spacial score (nSPS) is 14.9. The van der Waals surface area contributed by atoms with E-state index in [2.05, 4.69) is 9.98 Å². The highest BCUT2D eigenvalue weighted by Crippen LogP contribution is 2.10. The van der Waals surface area contributed by atoms with Crippen molar-refractivity contribution in [3.63, 3.8) is 0 Å². The monoisotopic (exact) mass is 153 g/mol. The fourth-order valence-corrected chi connectivity index (χ4v) is 1.13. The molecule has 11 heavy (non-hydrogen) atoms. The molecule has 1 aromatic rings. The van der Waals surface area contributed by atoms with Crippen LogP contribution >= 0.6 is 0 Å². The molecule has 2 N–H and O–H groups in total. The fraction of sp³-hybridized carbons (Fsp3) is 0.333. The number of aromatic amines is 1. The molecular weight excluding hydrogens is 146 g/mol. The molecule has 0 bridgehead atoms. The molecule has 1 aromatic heterocycles. The average molecular weight is 153 g/mol. The first-order chi connectivity index (χ1) is 5.29. The molecule has 0 fully saturated rings. The molecule has 0 aromatic carbocycles. The molecule has 2 rings (SSSR count). The van der Waals surface area contributed by atoms with Gasteiger partial charge in [-0.1, -0.05) is 0 Å². The molecule has 1 aliphatic rings. The lowest BCUT2D eigenvalue weighted by Crippen LogP contribution is -2.22. The number of imidazole rings is 1. The Morgan fingerprint density at radius 1 is 1.73 bits per heavy atom. The summed E-state index contributed by atoms with van der Waals surface area (Å²) < 4.78 is 1.46. The topological polar surface area (TPSA) is 70.4 Å². The van der Waals surface area contributed by atoms with Crippen LogP contribution in [0.2, 0.25) is 0 Å². The van der Waals surface area contributed by atoms with Gasteiger partial charge in [-0.05, 0) is 0 Å². The van der Waals surface area contributed by atoms with Crippen molar-refractivity contribution in [2.24, 2.45) is 4.99 Å². The molecule has 2 heterocycles. The van der Waals surface area contributed by atoms with Gasteiger partial charge < -0.3 is 5.11 Å². The second-order valence-corrected chi connectivity index (χ2v) is 2.35. The number of H-pyrrole nitrogens is 1. The number of aliphatic imine (C=N–C) groups is 1. The lowest BCUT2D eigenvalue weighted by atomic mass is 10.4. The minimum atomic E-state index is -0.274. The van der Waals surface area contributed by atoms with E-state index in [1.807, 2.05) is 0 Å². The molecule has 58 valence electrons. The second-order valence-electron chi connectivity index (χ2n) is 2.35. The van der Waals surface area contributed by atoms with E-state index < -0.39 is 0 Å². The molecule has 0 saturated heterocycles. The van der Waals surface area contributed by atoms with Gasteiger partial charge in [-0.3, -0.25) is 14.5 Å². The van der Waals surface area contributed by atoms with Gasteiger partial charge in [0.1, 0.15) is 5.69 Å². The SMILES string of the molecule is O=c1[nH]c(O)c2n1CCN=C2. The molecule has 0 radical (unpaired) electrons. The highest BCUT2D eigenvalue weighted by Gasteiger charge is 2.12. The van der Waals surface area contributed by atoms with E-state index in [4.69, 9.17) is 5.11 Å². The summed E-state index contributed by atoms with van der Waals surface area (Å²) in [4.78, 5) is 17.2. The third-order valence-corrected chi connectivity index (χ3v) is 1.67. The van der Waals surface area contributed by atoms with Crippen LogP contribution in [-0.2, 0) is 6.54 Å². The van der Waals surface area contributed by atoms with Crippen LogP contribution in [0.1, 0.15) is 5.69 Å².